The summed E-state index contributed by atoms with van der Waals surface area (Å²) >= 11 is 0. The molecule has 1 heterocycles. The predicted octanol–water partition coefficient (Wildman–Crippen LogP) is 2.36. The van der Waals surface area contributed by atoms with Gasteiger partial charge in [0.2, 0.25) is 0 Å². The molecule has 0 aliphatic carbocycles. The number of hydrogen-bond donors (Lipinski definition) is 1. The molecule has 0 spiro atoms. The minimum Gasteiger partial charge on any atom is -0.493 e. The second-order valence-corrected chi connectivity index (χ2v) is 5.46. The first-order valence-electron chi connectivity index (χ1n) is 7.50. The Balaban J connectivity index is 1.94. The molecule has 0 saturated carbocycles. The lowest BCUT2D eigenvalue weighted by molar-refractivity contribution is 0.0706. The van der Waals surface area contributed by atoms with E-state index in [4.69, 9.17) is 15.2 Å². The van der Waals surface area contributed by atoms with Gasteiger partial charge >= 0.3 is 0 Å². The molecular formula is C18H20N2O3. The smallest absolute Gasteiger partial charge is 0.255 e. The fourth-order valence-corrected chi connectivity index (χ4v) is 3.03. The molecule has 2 aromatic rings. The van der Waals surface area contributed by atoms with Crippen LogP contribution >= 0.6 is 0 Å². The van der Waals surface area contributed by atoms with Gasteiger partial charge in [-0.25, -0.2) is 0 Å². The van der Waals surface area contributed by atoms with E-state index < -0.39 is 0 Å². The van der Waals surface area contributed by atoms with Gasteiger partial charge in [-0.1, -0.05) is 24.3 Å². The third-order valence-electron chi connectivity index (χ3n) is 4.24. The largest absolute Gasteiger partial charge is 0.493 e. The Bertz CT molecular complexity index is 730. The van der Waals surface area contributed by atoms with Gasteiger partial charge in [0.05, 0.1) is 20.3 Å². The molecule has 0 saturated heterocycles. The lowest BCUT2D eigenvalue weighted by Crippen LogP contribution is -2.34. The average molecular weight is 312 g/mol. The van der Waals surface area contributed by atoms with Gasteiger partial charge < -0.3 is 20.1 Å². The Morgan fingerprint density at radius 3 is 2.52 bits per heavy atom. The van der Waals surface area contributed by atoms with E-state index in [0.29, 0.717) is 24.6 Å². The molecule has 5 nitrogen and oxygen atoms in total. The number of nitrogens with two attached hydrogens (primary N) is 1. The van der Waals surface area contributed by atoms with Gasteiger partial charge in [-0.15, -0.1) is 0 Å². The zero-order valence-electron chi connectivity index (χ0n) is 13.3. The van der Waals surface area contributed by atoms with Crippen LogP contribution in [0.5, 0.6) is 11.5 Å². The molecule has 0 radical (unpaired) electrons. The fraction of sp³-hybridized carbons (Fsp3) is 0.278. The first kappa shape index (κ1) is 15.4. The number of hydrogen-bond acceptors (Lipinski definition) is 4. The number of nitrogens with zero attached hydrogens (tertiary/aromatic N) is 1. The van der Waals surface area contributed by atoms with Gasteiger partial charge in [-0.05, 0) is 29.3 Å². The van der Waals surface area contributed by atoms with Crippen molar-refractivity contribution in [2.75, 3.05) is 20.8 Å². The molecule has 120 valence electrons. The number of ether oxygens (including phenoxy) is 2. The molecule has 1 aliphatic rings. The summed E-state index contributed by atoms with van der Waals surface area (Å²) in [6.07, 6.45) is 0. The second kappa shape index (κ2) is 6.30. The van der Waals surface area contributed by atoms with Crippen molar-refractivity contribution in [3.8, 4) is 11.5 Å². The Hall–Kier alpha value is -2.53. The van der Waals surface area contributed by atoms with E-state index in [9.17, 15) is 4.79 Å². The van der Waals surface area contributed by atoms with Crippen LogP contribution in [0.15, 0.2) is 42.5 Å². The highest BCUT2D eigenvalue weighted by Crippen LogP contribution is 2.35. The topological polar surface area (TPSA) is 64.8 Å². The molecule has 1 atom stereocenters. The predicted molar refractivity (Wildman–Crippen MR) is 87.7 cm³/mol. The highest BCUT2D eigenvalue weighted by Gasteiger charge is 2.32. The number of carbonyl (C=O) groups excluding carboxylic acids is 1. The molecule has 0 bridgehead atoms. The Labute approximate surface area is 135 Å². The second-order valence-electron chi connectivity index (χ2n) is 5.46. The average Bonchev–Trinajstić information content (AvgIpc) is 2.92. The molecule has 3 rings (SSSR count). The van der Waals surface area contributed by atoms with Crippen LogP contribution in [0.4, 0.5) is 0 Å². The lowest BCUT2D eigenvalue weighted by Gasteiger charge is -2.27. The van der Waals surface area contributed by atoms with E-state index in [-0.39, 0.29) is 11.9 Å². The van der Waals surface area contributed by atoms with Crippen LogP contribution in [0.25, 0.3) is 0 Å². The summed E-state index contributed by atoms with van der Waals surface area (Å²) in [4.78, 5) is 14.5. The van der Waals surface area contributed by atoms with Crippen LogP contribution in [-0.2, 0) is 6.54 Å². The SMILES string of the molecule is COc1ccc([C@@H](CN)N2Cc3ccccc3C2=O)cc1OC. The standard InChI is InChI=1S/C18H20N2O3/c1-22-16-8-7-12(9-17(16)23-2)15(10-19)20-11-13-5-3-4-6-14(13)18(20)21/h3-9,15H,10-11,19H2,1-2H3/t15-/m1/s1. The van der Waals surface area contributed by atoms with Gasteiger partial charge in [0, 0.05) is 18.7 Å². The van der Waals surface area contributed by atoms with Crippen molar-refractivity contribution in [1.82, 2.24) is 4.90 Å². The number of methoxy groups -OCH3 is 2. The molecule has 0 fully saturated rings. The number of amides is 1. The summed E-state index contributed by atoms with van der Waals surface area (Å²) in [5, 5.41) is 0. The van der Waals surface area contributed by atoms with Crippen molar-refractivity contribution in [2.24, 2.45) is 5.73 Å². The Morgan fingerprint density at radius 2 is 1.87 bits per heavy atom. The van der Waals surface area contributed by atoms with Gasteiger partial charge in [0.15, 0.2) is 11.5 Å². The number of benzene rings is 2. The van der Waals surface area contributed by atoms with Crippen molar-refractivity contribution in [1.29, 1.82) is 0 Å². The zero-order chi connectivity index (χ0) is 16.4. The summed E-state index contributed by atoms with van der Waals surface area (Å²) in [5.74, 6) is 1.31. The summed E-state index contributed by atoms with van der Waals surface area (Å²) in [6.45, 7) is 0.917. The maximum absolute atomic E-state index is 12.7. The molecule has 23 heavy (non-hydrogen) atoms. The van der Waals surface area contributed by atoms with Crippen molar-refractivity contribution < 1.29 is 14.3 Å². The zero-order valence-corrected chi connectivity index (χ0v) is 13.3. The first-order valence-corrected chi connectivity index (χ1v) is 7.50. The van der Waals surface area contributed by atoms with E-state index in [0.717, 1.165) is 16.7 Å². The van der Waals surface area contributed by atoms with E-state index in [2.05, 4.69) is 0 Å². The third kappa shape index (κ3) is 2.64. The summed E-state index contributed by atoms with van der Waals surface area (Å²) in [6, 6.07) is 13.1. The van der Waals surface area contributed by atoms with Crippen molar-refractivity contribution >= 4 is 5.91 Å². The molecule has 1 amide bonds. The number of carbonyl (C=O) groups is 1. The molecule has 1 aliphatic heterocycles. The van der Waals surface area contributed by atoms with Gasteiger partial charge in [-0.2, -0.15) is 0 Å². The van der Waals surface area contributed by atoms with E-state index >= 15 is 0 Å². The minimum absolute atomic E-state index is 0.0193. The quantitative estimate of drug-likeness (QED) is 0.920. The van der Waals surface area contributed by atoms with E-state index in [1.807, 2.05) is 47.4 Å². The number of rotatable bonds is 5. The van der Waals surface area contributed by atoms with Gasteiger partial charge in [-0.3, -0.25) is 4.79 Å². The number of fused-ring (bicyclic) bond motifs is 1. The van der Waals surface area contributed by atoms with E-state index in [1.165, 1.54) is 0 Å². The molecular weight excluding hydrogens is 292 g/mol. The van der Waals surface area contributed by atoms with Crippen LogP contribution in [0.1, 0.15) is 27.5 Å². The van der Waals surface area contributed by atoms with Gasteiger partial charge in [0.25, 0.3) is 5.91 Å². The van der Waals surface area contributed by atoms with Gasteiger partial charge in [0.1, 0.15) is 0 Å². The highest BCUT2D eigenvalue weighted by molar-refractivity contribution is 5.98. The van der Waals surface area contributed by atoms with Crippen LogP contribution in [0.2, 0.25) is 0 Å². The first-order chi connectivity index (χ1) is 11.2. The van der Waals surface area contributed by atoms with Crippen LogP contribution in [0.3, 0.4) is 0 Å². The lowest BCUT2D eigenvalue weighted by atomic mass is 10.0. The normalized spacial score (nSPS) is 14.6. The monoisotopic (exact) mass is 312 g/mol. The van der Waals surface area contributed by atoms with Crippen LogP contribution in [-0.4, -0.2) is 31.6 Å². The Morgan fingerprint density at radius 1 is 1.13 bits per heavy atom. The fourth-order valence-electron chi connectivity index (χ4n) is 3.03. The Kier molecular flexibility index (Phi) is 4.21. The van der Waals surface area contributed by atoms with Crippen molar-refractivity contribution in [3.63, 3.8) is 0 Å². The highest BCUT2D eigenvalue weighted by atomic mass is 16.5. The third-order valence-corrected chi connectivity index (χ3v) is 4.24. The molecule has 2 aromatic carbocycles. The summed E-state index contributed by atoms with van der Waals surface area (Å²) < 4.78 is 10.6. The minimum atomic E-state index is -0.199. The molecule has 2 N–H and O–H groups in total. The van der Waals surface area contributed by atoms with E-state index in [1.54, 1.807) is 14.2 Å². The van der Waals surface area contributed by atoms with Crippen molar-refractivity contribution in [3.05, 3.63) is 59.2 Å². The van der Waals surface area contributed by atoms with Crippen LogP contribution in [0, 0.1) is 0 Å². The summed E-state index contributed by atoms with van der Waals surface area (Å²) in [7, 11) is 3.19. The van der Waals surface area contributed by atoms with Crippen molar-refractivity contribution in [2.45, 2.75) is 12.6 Å². The van der Waals surface area contributed by atoms with Crippen LogP contribution < -0.4 is 15.2 Å². The summed E-state index contributed by atoms with van der Waals surface area (Å²) in [5.41, 5.74) is 8.71. The molecule has 0 aromatic heterocycles. The maximum atomic E-state index is 12.7. The maximum Gasteiger partial charge on any atom is 0.255 e. The molecule has 0 unspecified atom stereocenters. The molecule has 5 heteroatoms.